The van der Waals surface area contributed by atoms with Gasteiger partial charge >= 0.3 is 0 Å². The largest absolute Gasteiger partial charge is 0.374 e. The lowest BCUT2D eigenvalue weighted by Crippen LogP contribution is -1.85. The molecular formula is C8H5ClN4S2. The van der Waals surface area contributed by atoms with Gasteiger partial charge in [0.25, 0.3) is 0 Å². The zero-order chi connectivity index (χ0) is 10.4. The van der Waals surface area contributed by atoms with Crippen molar-refractivity contribution < 1.29 is 0 Å². The van der Waals surface area contributed by atoms with E-state index in [1.807, 2.05) is 18.3 Å². The summed E-state index contributed by atoms with van der Waals surface area (Å²) in [5, 5.41) is 4.61. The number of nitrogens with two attached hydrogens (primary N) is 1. The van der Waals surface area contributed by atoms with E-state index in [9.17, 15) is 0 Å². The molecule has 0 spiro atoms. The van der Waals surface area contributed by atoms with Crippen molar-refractivity contribution in [2.45, 2.75) is 0 Å². The smallest absolute Gasteiger partial charge is 0.214 e. The lowest BCUT2D eigenvalue weighted by atomic mass is 10.4. The fourth-order valence-corrected chi connectivity index (χ4v) is 2.93. The van der Waals surface area contributed by atoms with Crippen LogP contribution in [0.3, 0.4) is 0 Å². The van der Waals surface area contributed by atoms with Crippen LogP contribution >= 0.6 is 34.3 Å². The highest BCUT2D eigenvalue weighted by molar-refractivity contribution is 7.20. The van der Waals surface area contributed by atoms with Gasteiger partial charge < -0.3 is 5.73 Å². The van der Waals surface area contributed by atoms with Crippen LogP contribution in [0, 0.1) is 0 Å². The third kappa shape index (κ3) is 1.50. The third-order valence-electron chi connectivity index (χ3n) is 1.88. The molecule has 0 saturated carbocycles. The number of aromatic nitrogens is 3. The van der Waals surface area contributed by atoms with Gasteiger partial charge in [0.15, 0.2) is 0 Å². The zero-order valence-corrected chi connectivity index (χ0v) is 9.73. The van der Waals surface area contributed by atoms with Gasteiger partial charge in [-0.2, -0.15) is 0 Å². The predicted octanol–water partition coefficient (Wildman–Crippen LogP) is 2.75. The maximum atomic E-state index is 5.86. The van der Waals surface area contributed by atoms with E-state index in [0.717, 1.165) is 19.9 Å². The van der Waals surface area contributed by atoms with Crippen LogP contribution in [0.5, 0.6) is 0 Å². The molecule has 3 aromatic heterocycles. The lowest BCUT2D eigenvalue weighted by Gasteiger charge is -1.85. The minimum atomic E-state index is 0.522. The number of halogens is 1. The van der Waals surface area contributed by atoms with Crippen LogP contribution in [0.4, 0.5) is 5.13 Å². The van der Waals surface area contributed by atoms with Crippen molar-refractivity contribution in [3.05, 3.63) is 22.7 Å². The molecule has 0 aliphatic rings. The molecule has 0 radical (unpaired) electrons. The Balaban J connectivity index is 2.15. The lowest BCUT2D eigenvalue weighted by molar-refractivity contribution is 0.981. The Labute approximate surface area is 97.9 Å². The zero-order valence-electron chi connectivity index (χ0n) is 7.35. The van der Waals surface area contributed by atoms with E-state index >= 15 is 0 Å². The number of hydrogen-bond acceptors (Lipinski definition) is 5. The molecule has 0 aromatic carbocycles. The summed E-state index contributed by atoms with van der Waals surface area (Å²) in [4.78, 5) is 6.24. The molecule has 0 unspecified atom stereocenters. The molecule has 0 atom stereocenters. The number of imidazole rings is 1. The standard InChI is InChI=1S/C8H5ClN4S2/c9-6-2-1-5(14-6)4-3-13-8(11-4)15-7(10)12-13/h1-3H,(H2,10,12). The van der Waals surface area contributed by atoms with E-state index in [2.05, 4.69) is 10.1 Å². The maximum Gasteiger partial charge on any atom is 0.214 e. The summed E-state index contributed by atoms with van der Waals surface area (Å²) in [6.45, 7) is 0. The van der Waals surface area contributed by atoms with Crippen molar-refractivity contribution >= 4 is 44.4 Å². The Morgan fingerprint density at radius 1 is 1.33 bits per heavy atom. The van der Waals surface area contributed by atoms with Crippen LogP contribution in [0.25, 0.3) is 15.5 Å². The van der Waals surface area contributed by atoms with Gasteiger partial charge in [-0.15, -0.1) is 16.4 Å². The van der Waals surface area contributed by atoms with Crippen molar-refractivity contribution in [1.82, 2.24) is 14.6 Å². The number of hydrogen-bond donors (Lipinski definition) is 1. The monoisotopic (exact) mass is 256 g/mol. The van der Waals surface area contributed by atoms with Gasteiger partial charge in [-0.1, -0.05) is 22.9 Å². The molecule has 2 N–H and O–H groups in total. The fourth-order valence-electron chi connectivity index (χ4n) is 1.29. The Morgan fingerprint density at radius 3 is 2.87 bits per heavy atom. The summed E-state index contributed by atoms with van der Waals surface area (Å²) in [7, 11) is 0. The SMILES string of the molecule is Nc1nn2cc(-c3ccc(Cl)s3)nc2s1. The molecule has 3 rings (SSSR count). The van der Waals surface area contributed by atoms with Crippen molar-refractivity contribution in [2.24, 2.45) is 0 Å². The first-order valence-electron chi connectivity index (χ1n) is 4.10. The van der Waals surface area contributed by atoms with E-state index in [0.29, 0.717) is 5.13 Å². The minimum Gasteiger partial charge on any atom is -0.374 e. The Kier molecular flexibility index (Phi) is 1.95. The number of thiophene rings is 1. The van der Waals surface area contributed by atoms with Crippen LogP contribution in [0.1, 0.15) is 0 Å². The van der Waals surface area contributed by atoms with Gasteiger partial charge in [-0.05, 0) is 12.1 Å². The second-order valence-electron chi connectivity index (χ2n) is 2.90. The molecule has 7 heteroatoms. The number of nitrogens with zero attached hydrogens (tertiary/aromatic N) is 3. The summed E-state index contributed by atoms with van der Waals surface area (Å²) in [6.07, 6.45) is 1.85. The number of anilines is 1. The topological polar surface area (TPSA) is 56.2 Å². The van der Waals surface area contributed by atoms with Gasteiger partial charge in [-0.3, -0.25) is 0 Å². The highest BCUT2D eigenvalue weighted by Gasteiger charge is 2.09. The molecular weight excluding hydrogens is 252 g/mol. The second-order valence-corrected chi connectivity index (χ2v) is 5.60. The number of nitrogen functional groups attached to an aromatic ring is 1. The molecule has 0 fully saturated rings. The highest BCUT2D eigenvalue weighted by atomic mass is 35.5. The van der Waals surface area contributed by atoms with Crippen molar-refractivity contribution in [3.63, 3.8) is 0 Å². The van der Waals surface area contributed by atoms with Crippen molar-refractivity contribution in [2.75, 3.05) is 5.73 Å². The van der Waals surface area contributed by atoms with Crippen LogP contribution in [-0.2, 0) is 0 Å². The fraction of sp³-hybridized carbons (Fsp3) is 0. The van der Waals surface area contributed by atoms with E-state index in [1.54, 1.807) is 4.52 Å². The van der Waals surface area contributed by atoms with Gasteiger partial charge in [0.05, 0.1) is 15.4 Å². The molecule has 3 heterocycles. The summed E-state index contributed by atoms with van der Waals surface area (Å²) in [6, 6.07) is 3.81. The molecule has 3 aromatic rings. The van der Waals surface area contributed by atoms with E-state index in [1.165, 1.54) is 22.7 Å². The molecule has 0 aliphatic heterocycles. The molecule has 0 bridgehead atoms. The van der Waals surface area contributed by atoms with E-state index in [-0.39, 0.29) is 0 Å². The Hall–Kier alpha value is -1.11. The normalized spacial score (nSPS) is 11.3. The summed E-state index contributed by atoms with van der Waals surface area (Å²) >= 11 is 8.72. The summed E-state index contributed by atoms with van der Waals surface area (Å²) in [5.74, 6) is 0. The van der Waals surface area contributed by atoms with Gasteiger partial charge in [0.1, 0.15) is 5.69 Å². The van der Waals surface area contributed by atoms with Crippen molar-refractivity contribution in [3.8, 4) is 10.6 Å². The summed E-state index contributed by atoms with van der Waals surface area (Å²) in [5.41, 5.74) is 6.44. The van der Waals surface area contributed by atoms with Crippen LogP contribution < -0.4 is 5.73 Å². The van der Waals surface area contributed by atoms with Crippen LogP contribution in [-0.4, -0.2) is 14.6 Å². The molecule has 15 heavy (non-hydrogen) atoms. The summed E-state index contributed by atoms with van der Waals surface area (Å²) < 4.78 is 2.44. The molecule has 0 saturated heterocycles. The first-order chi connectivity index (χ1) is 7.22. The Morgan fingerprint density at radius 2 is 2.20 bits per heavy atom. The Bertz CT molecular complexity index is 592. The number of fused-ring (bicyclic) bond motifs is 1. The quantitative estimate of drug-likeness (QED) is 0.728. The molecule has 4 nitrogen and oxygen atoms in total. The highest BCUT2D eigenvalue weighted by Crippen LogP contribution is 2.31. The molecule has 0 aliphatic carbocycles. The average Bonchev–Trinajstić information content (AvgIpc) is 2.78. The van der Waals surface area contributed by atoms with Crippen LogP contribution in [0.15, 0.2) is 18.3 Å². The first-order valence-corrected chi connectivity index (χ1v) is 6.11. The molecule has 76 valence electrons. The number of rotatable bonds is 1. The van der Waals surface area contributed by atoms with Gasteiger partial charge in [-0.25, -0.2) is 9.50 Å². The van der Waals surface area contributed by atoms with Gasteiger partial charge in [0, 0.05) is 0 Å². The van der Waals surface area contributed by atoms with Crippen molar-refractivity contribution in [1.29, 1.82) is 0 Å². The average molecular weight is 257 g/mol. The first kappa shape index (κ1) is 9.14. The van der Waals surface area contributed by atoms with Gasteiger partial charge in [0.2, 0.25) is 10.1 Å². The van der Waals surface area contributed by atoms with E-state index < -0.39 is 0 Å². The maximum absolute atomic E-state index is 5.86. The molecule has 0 amide bonds. The minimum absolute atomic E-state index is 0.522. The second kappa shape index (κ2) is 3.19. The van der Waals surface area contributed by atoms with Crippen LogP contribution in [0.2, 0.25) is 4.34 Å². The predicted molar refractivity (Wildman–Crippen MR) is 63.6 cm³/mol. The van der Waals surface area contributed by atoms with E-state index in [4.69, 9.17) is 17.3 Å². The third-order valence-corrected chi connectivity index (χ3v) is 3.89.